The number of hydrogen-bond acceptors (Lipinski definition) is 4. The van der Waals surface area contributed by atoms with E-state index in [1.165, 1.54) is 44.0 Å². The number of hydrogen-bond donors (Lipinski definition) is 1. The van der Waals surface area contributed by atoms with Crippen LogP contribution in [0.25, 0.3) is 0 Å². The molecule has 0 aliphatic carbocycles. The molecular weight excluding hydrogens is 374 g/mol. The highest BCUT2D eigenvalue weighted by Gasteiger charge is 2.40. The van der Waals surface area contributed by atoms with Gasteiger partial charge in [0, 0.05) is 31.7 Å². The number of ether oxygens (including phenoxy) is 1. The summed E-state index contributed by atoms with van der Waals surface area (Å²) in [6.07, 6.45) is 4.44. The molecule has 0 bridgehead atoms. The topological polar surface area (TPSA) is 44.8 Å². The van der Waals surface area contributed by atoms with Crippen LogP contribution in [0.15, 0.2) is 60.7 Å². The zero-order chi connectivity index (χ0) is 20.8. The Morgan fingerprint density at radius 2 is 1.67 bits per heavy atom. The summed E-state index contributed by atoms with van der Waals surface area (Å²) in [5, 5.41) is 2.85. The van der Waals surface area contributed by atoms with Crippen molar-refractivity contribution in [2.24, 2.45) is 0 Å². The minimum Gasteiger partial charge on any atom is -0.453 e. The smallest absolute Gasteiger partial charge is 0.406 e. The molecule has 2 aliphatic rings. The van der Waals surface area contributed by atoms with Crippen LogP contribution in [0, 0.1) is 0 Å². The van der Waals surface area contributed by atoms with Crippen molar-refractivity contribution in [2.45, 2.75) is 43.8 Å². The highest BCUT2D eigenvalue weighted by atomic mass is 16.5. The summed E-state index contributed by atoms with van der Waals surface area (Å²) in [7, 11) is 1.42. The fourth-order valence-corrected chi connectivity index (χ4v) is 5.02. The second-order valence-electron chi connectivity index (χ2n) is 8.43. The SMILES string of the molecule is COC(=O)NCCC1CCCCN1C1CN(C(c2ccccc2)c2ccccc2)C1. The fourth-order valence-electron chi connectivity index (χ4n) is 5.02. The van der Waals surface area contributed by atoms with Crippen molar-refractivity contribution < 1.29 is 9.53 Å². The molecule has 30 heavy (non-hydrogen) atoms. The van der Waals surface area contributed by atoms with Gasteiger partial charge in [0.05, 0.1) is 13.2 Å². The van der Waals surface area contributed by atoms with Gasteiger partial charge in [-0.25, -0.2) is 4.79 Å². The van der Waals surface area contributed by atoms with Gasteiger partial charge in [-0.1, -0.05) is 67.1 Å². The molecule has 0 radical (unpaired) electrons. The largest absolute Gasteiger partial charge is 0.453 e. The first-order valence-electron chi connectivity index (χ1n) is 11.2. The minimum absolute atomic E-state index is 0.313. The Kier molecular flexibility index (Phi) is 7.03. The van der Waals surface area contributed by atoms with E-state index in [0.29, 0.717) is 24.7 Å². The van der Waals surface area contributed by atoms with Gasteiger partial charge in [0.25, 0.3) is 0 Å². The number of methoxy groups -OCH3 is 1. The van der Waals surface area contributed by atoms with Crippen molar-refractivity contribution in [3.8, 4) is 0 Å². The summed E-state index contributed by atoms with van der Waals surface area (Å²) in [5.41, 5.74) is 2.72. The van der Waals surface area contributed by atoms with Gasteiger partial charge in [0.1, 0.15) is 0 Å². The van der Waals surface area contributed by atoms with E-state index in [1.807, 2.05) is 0 Å². The zero-order valence-corrected chi connectivity index (χ0v) is 17.9. The van der Waals surface area contributed by atoms with Crippen molar-refractivity contribution in [1.82, 2.24) is 15.1 Å². The lowest BCUT2D eigenvalue weighted by molar-refractivity contribution is -0.0229. The van der Waals surface area contributed by atoms with E-state index >= 15 is 0 Å². The summed E-state index contributed by atoms with van der Waals surface area (Å²) in [6.45, 7) is 4.04. The standard InChI is InChI=1S/C25H33N3O2/c1-30-25(29)26-16-15-22-14-8-9-17-28(22)23-18-27(19-23)24(20-10-4-2-5-11-20)21-12-6-3-7-13-21/h2-7,10-13,22-24H,8-9,14-19H2,1H3,(H,26,29). The average Bonchev–Trinajstić information content (AvgIpc) is 2.77. The predicted octanol–water partition coefficient (Wildman–Crippen LogP) is 4.06. The molecule has 5 heteroatoms. The van der Waals surface area contributed by atoms with E-state index in [2.05, 4.69) is 75.8 Å². The van der Waals surface area contributed by atoms with E-state index in [9.17, 15) is 4.79 Å². The molecular formula is C25H33N3O2. The van der Waals surface area contributed by atoms with Crippen molar-refractivity contribution >= 4 is 6.09 Å². The molecule has 2 saturated heterocycles. The first-order valence-corrected chi connectivity index (χ1v) is 11.2. The molecule has 2 fully saturated rings. The van der Waals surface area contributed by atoms with Gasteiger partial charge < -0.3 is 10.1 Å². The fraction of sp³-hybridized carbons (Fsp3) is 0.480. The second-order valence-corrected chi connectivity index (χ2v) is 8.43. The summed E-state index contributed by atoms with van der Waals surface area (Å²) in [5.74, 6) is 0. The lowest BCUT2D eigenvalue weighted by Crippen LogP contribution is -2.63. The maximum atomic E-state index is 11.4. The predicted molar refractivity (Wildman–Crippen MR) is 119 cm³/mol. The van der Waals surface area contributed by atoms with Gasteiger partial charge in [0.2, 0.25) is 0 Å². The first kappa shape index (κ1) is 20.9. The third kappa shape index (κ3) is 4.85. The highest BCUT2D eigenvalue weighted by molar-refractivity contribution is 5.66. The normalized spacial score (nSPS) is 20.7. The van der Waals surface area contributed by atoms with Crippen LogP contribution in [0.2, 0.25) is 0 Å². The Labute approximate surface area is 180 Å². The van der Waals surface area contributed by atoms with Crippen molar-refractivity contribution in [2.75, 3.05) is 33.3 Å². The average molecular weight is 408 g/mol. The second kappa shape index (κ2) is 10.1. The number of rotatable bonds is 7. The van der Waals surface area contributed by atoms with E-state index < -0.39 is 0 Å². The van der Waals surface area contributed by atoms with Crippen LogP contribution < -0.4 is 5.32 Å². The first-order chi connectivity index (χ1) is 14.8. The molecule has 0 spiro atoms. The molecule has 5 nitrogen and oxygen atoms in total. The van der Waals surface area contributed by atoms with Gasteiger partial charge >= 0.3 is 6.09 Å². The Balaban J connectivity index is 1.40. The number of nitrogens with zero attached hydrogens (tertiary/aromatic N) is 2. The van der Waals surface area contributed by atoms with Crippen LogP contribution in [0.5, 0.6) is 0 Å². The summed E-state index contributed by atoms with van der Waals surface area (Å²) >= 11 is 0. The van der Waals surface area contributed by atoms with Crippen LogP contribution in [0.3, 0.4) is 0 Å². The number of likely N-dealkylation sites (tertiary alicyclic amines) is 2. The number of carbonyl (C=O) groups excluding carboxylic acids is 1. The lowest BCUT2D eigenvalue weighted by Gasteiger charge is -2.52. The van der Waals surface area contributed by atoms with Crippen LogP contribution in [0.4, 0.5) is 4.79 Å². The zero-order valence-electron chi connectivity index (χ0n) is 17.9. The molecule has 2 aliphatic heterocycles. The summed E-state index contributed by atoms with van der Waals surface area (Å²) in [6, 6.07) is 23.2. The lowest BCUT2D eigenvalue weighted by atomic mass is 9.90. The van der Waals surface area contributed by atoms with Crippen LogP contribution in [-0.4, -0.2) is 61.3 Å². The van der Waals surface area contributed by atoms with Gasteiger partial charge in [-0.05, 0) is 36.9 Å². The number of piperidine rings is 1. The highest BCUT2D eigenvalue weighted by Crippen LogP contribution is 2.35. The molecule has 2 aromatic rings. The molecule has 0 aromatic heterocycles. The molecule has 0 saturated carbocycles. The van der Waals surface area contributed by atoms with Crippen LogP contribution in [-0.2, 0) is 4.74 Å². The minimum atomic E-state index is -0.333. The molecule has 2 aromatic carbocycles. The number of amides is 1. The number of alkyl carbamates (subject to hydrolysis) is 1. The molecule has 1 amide bonds. The maximum Gasteiger partial charge on any atom is 0.406 e. The Bertz CT molecular complexity index is 753. The molecule has 1 N–H and O–H groups in total. The maximum absolute atomic E-state index is 11.4. The van der Waals surface area contributed by atoms with Crippen molar-refractivity contribution in [3.05, 3.63) is 71.8 Å². The molecule has 160 valence electrons. The Hall–Kier alpha value is -2.37. The quantitative estimate of drug-likeness (QED) is 0.752. The Morgan fingerprint density at radius 1 is 1.03 bits per heavy atom. The third-order valence-corrected chi connectivity index (χ3v) is 6.56. The molecule has 1 unspecified atom stereocenters. The number of carbonyl (C=O) groups is 1. The van der Waals surface area contributed by atoms with Crippen LogP contribution >= 0.6 is 0 Å². The molecule has 1 atom stereocenters. The van der Waals surface area contributed by atoms with Gasteiger partial charge in [0.15, 0.2) is 0 Å². The van der Waals surface area contributed by atoms with Gasteiger partial charge in [-0.15, -0.1) is 0 Å². The third-order valence-electron chi connectivity index (χ3n) is 6.56. The van der Waals surface area contributed by atoms with E-state index in [-0.39, 0.29) is 6.09 Å². The number of nitrogens with one attached hydrogen (secondary N) is 1. The van der Waals surface area contributed by atoms with E-state index in [1.54, 1.807) is 0 Å². The monoisotopic (exact) mass is 407 g/mol. The summed E-state index contributed by atoms with van der Waals surface area (Å²) in [4.78, 5) is 16.7. The molecule has 2 heterocycles. The number of benzene rings is 2. The van der Waals surface area contributed by atoms with E-state index in [0.717, 1.165) is 19.5 Å². The summed E-state index contributed by atoms with van der Waals surface area (Å²) < 4.78 is 4.70. The molecule has 4 rings (SSSR count). The van der Waals surface area contributed by atoms with Crippen molar-refractivity contribution in [1.29, 1.82) is 0 Å². The van der Waals surface area contributed by atoms with Crippen LogP contribution in [0.1, 0.15) is 42.9 Å². The Morgan fingerprint density at radius 3 is 2.27 bits per heavy atom. The van der Waals surface area contributed by atoms with E-state index in [4.69, 9.17) is 4.74 Å². The van der Waals surface area contributed by atoms with Gasteiger partial charge in [-0.3, -0.25) is 9.80 Å². The van der Waals surface area contributed by atoms with Crippen molar-refractivity contribution in [3.63, 3.8) is 0 Å². The van der Waals surface area contributed by atoms with Gasteiger partial charge in [-0.2, -0.15) is 0 Å².